The summed E-state index contributed by atoms with van der Waals surface area (Å²) in [5.74, 6) is 0.0338. The van der Waals surface area contributed by atoms with Gasteiger partial charge in [-0.25, -0.2) is 15.0 Å². The Morgan fingerprint density at radius 1 is 0.714 bits per heavy atom. The predicted octanol–water partition coefficient (Wildman–Crippen LogP) is 5.50. The molecule has 0 fully saturated rings. The number of rotatable bonds is 1. The molecule has 0 aliphatic heterocycles. The summed E-state index contributed by atoms with van der Waals surface area (Å²) in [4.78, 5) is 12.2. The number of nitrogens with zero attached hydrogens (tertiary/aromatic N) is 3. The normalized spacial score (nSPS) is 12.5. The first-order valence-electron chi connectivity index (χ1n) is 5.55. The third-order valence-electron chi connectivity index (χ3n) is 2.45. The molecule has 1 aromatic heterocycles. The standard InChI is InChI=1S/C12H7Cl6N3/c1-6-2-4-7(5-3-6)8-19-9(11(13,14)15)21-10(20-8)12(16,17)18/h2-5H,1H3. The lowest BCUT2D eigenvalue weighted by molar-refractivity contribution is 0.851. The molecular weight excluding hydrogens is 399 g/mol. The molecule has 2 rings (SSSR count). The van der Waals surface area contributed by atoms with Gasteiger partial charge in [0.15, 0.2) is 17.5 Å². The fourth-order valence-corrected chi connectivity index (χ4v) is 1.97. The van der Waals surface area contributed by atoms with E-state index in [0.717, 1.165) is 5.56 Å². The van der Waals surface area contributed by atoms with Crippen LogP contribution in [0.3, 0.4) is 0 Å². The van der Waals surface area contributed by atoms with Crippen LogP contribution in [0, 0.1) is 6.92 Å². The van der Waals surface area contributed by atoms with Crippen molar-refractivity contribution in [3.05, 3.63) is 41.5 Å². The number of hydrogen-bond donors (Lipinski definition) is 0. The minimum atomic E-state index is -1.85. The fraction of sp³-hybridized carbons (Fsp3) is 0.250. The monoisotopic (exact) mass is 403 g/mol. The van der Waals surface area contributed by atoms with Crippen LogP contribution in [0.2, 0.25) is 0 Å². The van der Waals surface area contributed by atoms with Crippen LogP contribution in [0.25, 0.3) is 11.4 Å². The summed E-state index contributed by atoms with van der Waals surface area (Å²) in [6.07, 6.45) is 0. The Morgan fingerprint density at radius 3 is 1.52 bits per heavy atom. The second kappa shape index (κ2) is 6.23. The molecule has 1 aromatic carbocycles. The van der Waals surface area contributed by atoms with E-state index in [0.29, 0.717) is 5.56 Å². The van der Waals surface area contributed by atoms with Gasteiger partial charge in [-0.05, 0) is 6.92 Å². The molecule has 0 saturated heterocycles. The predicted molar refractivity (Wildman–Crippen MR) is 88.5 cm³/mol. The van der Waals surface area contributed by atoms with E-state index in [1.165, 1.54) is 0 Å². The first-order valence-corrected chi connectivity index (χ1v) is 7.81. The van der Waals surface area contributed by atoms with Crippen molar-refractivity contribution in [1.29, 1.82) is 0 Å². The molecule has 0 unspecified atom stereocenters. The van der Waals surface area contributed by atoms with Crippen LogP contribution in [0.15, 0.2) is 24.3 Å². The molecule has 112 valence electrons. The number of alkyl halides is 6. The van der Waals surface area contributed by atoms with Crippen molar-refractivity contribution in [1.82, 2.24) is 15.0 Å². The molecule has 9 heteroatoms. The number of aromatic nitrogens is 3. The number of aryl methyl sites for hydroxylation is 1. The van der Waals surface area contributed by atoms with Gasteiger partial charge in [-0.3, -0.25) is 0 Å². The Labute approximate surface area is 151 Å². The molecule has 0 amide bonds. The van der Waals surface area contributed by atoms with Crippen molar-refractivity contribution in [2.24, 2.45) is 0 Å². The van der Waals surface area contributed by atoms with E-state index in [2.05, 4.69) is 15.0 Å². The van der Waals surface area contributed by atoms with E-state index < -0.39 is 7.59 Å². The first kappa shape index (κ1) is 17.3. The zero-order valence-electron chi connectivity index (χ0n) is 10.4. The molecule has 0 aliphatic rings. The average Bonchev–Trinajstić information content (AvgIpc) is 2.37. The highest BCUT2D eigenvalue weighted by atomic mass is 35.6. The molecule has 1 heterocycles. The van der Waals surface area contributed by atoms with Gasteiger partial charge >= 0.3 is 0 Å². The average molecular weight is 406 g/mol. The summed E-state index contributed by atoms with van der Waals surface area (Å²) in [6.45, 7) is 1.96. The van der Waals surface area contributed by atoms with Gasteiger partial charge < -0.3 is 0 Å². The van der Waals surface area contributed by atoms with Gasteiger partial charge in [-0.15, -0.1) is 0 Å². The molecule has 0 spiro atoms. The summed E-state index contributed by atoms with van der Waals surface area (Å²) >= 11 is 34.9. The highest BCUT2D eigenvalue weighted by Crippen LogP contribution is 2.40. The molecule has 0 aliphatic carbocycles. The summed E-state index contributed by atoms with van der Waals surface area (Å²) in [5.41, 5.74) is 1.77. The lowest BCUT2D eigenvalue weighted by Gasteiger charge is -2.15. The molecule has 0 bridgehead atoms. The van der Waals surface area contributed by atoms with E-state index in [1.807, 2.05) is 31.2 Å². The number of benzene rings is 1. The first-order chi connectivity index (χ1) is 9.57. The fourth-order valence-electron chi connectivity index (χ4n) is 1.46. The summed E-state index contributed by atoms with van der Waals surface area (Å²) < 4.78 is -3.71. The largest absolute Gasteiger partial charge is 0.250 e. The highest BCUT2D eigenvalue weighted by molar-refractivity contribution is 6.67. The molecule has 3 nitrogen and oxygen atoms in total. The van der Waals surface area contributed by atoms with Crippen LogP contribution in [0.5, 0.6) is 0 Å². The summed E-state index contributed by atoms with van der Waals surface area (Å²) in [7, 11) is 0. The van der Waals surface area contributed by atoms with Crippen LogP contribution in [0.4, 0.5) is 0 Å². The van der Waals surface area contributed by atoms with E-state index in [1.54, 1.807) is 0 Å². The van der Waals surface area contributed by atoms with Crippen molar-refractivity contribution < 1.29 is 0 Å². The van der Waals surface area contributed by atoms with Gasteiger partial charge in [0.2, 0.25) is 7.59 Å². The van der Waals surface area contributed by atoms with Crippen LogP contribution >= 0.6 is 69.6 Å². The second-order valence-corrected chi connectivity index (χ2v) is 8.73. The van der Waals surface area contributed by atoms with Gasteiger partial charge in [0.05, 0.1) is 0 Å². The van der Waals surface area contributed by atoms with Crippen LogP contribution < -0.4 is 0 Å². The molecule has 0 radical (unpaired) electrons. The maximum absolute atomic E-state index is 5.81. The summed E-state index contributed by atoms with van der Waals surface area (Å²) in [6, 6.07) is 7.41. The van der Waals surface area contributed by atoms with E-state index in [-0.39, 0.29) is 17.5 Å². The Bertz CT molecular complexity index is 613. The van der Waals surface area contributed by atoms with Gasteiger partial charge in [0, 0.05) is 5.56 Å². The molecule has 21 heavy (non-hydrogen) atoms. The molecule has 0 N–H and O–H groups in total. The minimum absolute atomic E-state index is 0.112. The lowest BCUT2D eigenvalue weighted by Crippen LogP contribution is -2.16. The highest BCUT2D eigenvalue weighted by Gasteiger charge is 2.33. The van der Waals surface area contributed by atoms with Gasteiger partial charge in [-0.2, -0.15) is 0 Å². The molecule has 2 aromatic rings. The Balaban J connectivity index is 2.63. The van der Waals surface area contributed by atoms with Gasteiger partial charge in [0.25, 0.3) is 0 Å². The van der Waals surface area contributed by atoms with Crippen molar-refractivity contribution in [3.8, 4) is 11.4 Å². The number of hydrogen-bond acceptors (Lipinski definition) is 3. The second-order valence-electron chi connectivity index (χ2n) is 4.17. The van der Waals surface area contributed by atoms with E-state index in [9.17, 15) is 0 Å². The lowest BCUT2D eigenvalue weighted by atomic mass is 10.1. The third kappa shape index (κ3) is 4.47. The Hall–Kier alpha value is -0.0300. The quantitative estimate of drug-likeness (QED) is 0.588. The smallest absolute Gasteiger partial charge is 0.209 e. The van der Waals surface area contributed by atoms with Crippen molar-refractivity contribution in [2.75, 3.05) is 0 Å². The van der Waals surface area contributed by atoms with Gasteiger partial charge in [0.1, 0.15) is 0 Å². The Morgan fingerprint density at radius 2 is 1.14 bits per heavy atom. The Kier molecular flexibility index (Phi) is 5.14. The van der Waals surface area contributed by atoms with E-state index >= 15 is 0 Å². The SMILES string of the molecule is Cc1ccc(-c2nc(C(Cl)(Cl)Cl)nc(C(Cl)(Cl)Cl)n2)cc1. The van der Waals surface area contributed by atoms with Gasteiger partial charge in [-0.1, -0.05) is 99.4 Å². The zero-order valence-corrected chi connectivity index (χ0v) is 15.0. The van der Waals surface area contributed by atoms with Crippen molar-refractivity contribution in [3.63, 3.8) is 0 Å². The maximum Gasteiger partial charge on any atom is 0.250 e. The minimum Gasteiger partial charge on any atom is -0.209 e. The van der Waals surface area contributed by atoms with Crippen molar-refractivity contribution in [2.45, 2.75) is 14.5 Å². The topological polar surface area (TPSA) is 38.7 Å². The van der Waals surface area contributed by atoms with Crippen LogP contribution in [0.1, 0.15) is 17.2 Å². The summed E-state index contributed by atoms with van der Waals surface area (Å²) in [5, 5.41) is 0. The van der Waals surface area contributed by atoms with E-state index in [4.69, 9.17) is 69.6 Å². The maximum atomic E-state index is 5.81. The molecule has 0 atom stereocenters. The van der Waals surface area contributed by atoms with Crippen LogP contribution in [-0.4, -0.2) is 15.0 Å². The molecule has 0 saturated carbocycles. The number of halogens is 6. The van der Waals surface area contributed by atoms with Crippen LogP contribution in [-0.2, 0) is 7.59 Å². The van der Waals surface area contributed by atoms with Crippen molar-refractivity contribution >= 4 is 69.6 Å². The third-order valence-corrected chi connectivity index (χ3v) is 3.47. The zero-order chi connectivity index (χ0) is 15.8. The molecular formula is C12H7Cl6N3.